The van der Waals surface area contributed by atoms with E-state index in [9.17, 15) is 14.0 Å². The summed E-state index contributed by atoms with van der Waals surface area (Å²) in [6.45, 7) is 4.84. The summed E-state index contributed by atoms with van der Waals surface area (Å²) in [7, 11) is 0. The zero-order chi connectivity index (χ0) is 26.1. The quantitative estimate of drug-likeness (QED) is 0.172. The van der Waals surface area contributed by atoms with E-state index in [1.165, 1.54) is 28.8 Å². The number of esters is 1. The molecule has 0 unspecified atom stereocenters. The van der Waals surface area contributed by atoms with Gasteiger partial charge in [-0.2, -0.15) is 0 Å². The minimum Gasteiger partial charge on any atom is -0.490 e. The Bertz CT molecular complexity index is 1140. The molecule has 0 spiro atoms. The number of ether oxygens (including phenoxy) is 3. The Balaban J connectivity index is 1.68. The van der Waals surface area contributed by atoms with Gasteiger partial charge in [-0.05, 0) is 55.7 Å². The minimum atomic E-state index is -0.447. The molecule has 0 bridgehead atoms. The Morgan fingerprint density at radius 3 is 2.72 bits per heavy atom. The summed E-state index contributed by atoms with van der Waals surface area (Å²) in [5.74, 6) is -0.0483. The Labute approximate surface area is 224 Å². The molecule has 36 heavy (non-hydrogen) atoms. The number of carbonyl (C=O) groups is 2. The SMILES string of the molecule is CCCOC(=O)CCCN1C(=O)/C(=C\c2ccc(OCc3c(F)cccc3Cl)c(OCC)c2)SC1=S. The van der Waals surface area contributed by atoms with E-state index in [1.807, 2.05) is 13.8 Å². The molecule has 0 aliphatic carbocycles. The number of halogens is 2. The molecule has 2 aromatic rings. The average molecular weight is 552 g/mol. The predicted octanol–water partition coefficient (Wildman–Crippen LogP) is 6.39. The van der Waals surface area contributed by atoms with Crippen LogP contribution in [0.15, 0.2) is 41.3 Å². The fraction of sp³-hybridized carbons (Fsp3) is 0.346. The molecule has 0 aromatic heterocycles. The molecule has 1 aliphatic rings. The van der Waals surface area contributed by atoms with Gasteiger partial charge in [0.25, 0.3) is 5.91 Å². The van der Waals surface area contributed by atoms with Gasteiger partial charge in [-0.3, -0.25) is 14.5 Å². The van der Waals surface area contributed by atoms with Gasteiger partial charge in [0.15, 0.2) is 11.5 Å². The van der Waals surface area contributed by atoms with Gasteiger partial charge in [-0.25, -0.2) is 4.39 Å². The maximum Gasteiger partial charge on any atom is 0.305 e. The number of thiocarbonyl (C=S) groups is 1. The van der Waals surface area contributed by atoms with E-state index in [0.29, 0.717) is 46.9 Å². The maximum absolute atomic E-state index is 14.1. The molecule has 1 aliphatic heterocycles. The van der Waals surface area contributed by atoms with E-state index >= 15 is 0 Å². The minimum absolute atomic E-state index is 0.0599. The first kappa shape index (κ1) is 28.0. The van der Waals surface area contributed by atoms with Crippen LogP contribution in [0.25, 0.3) is 6.08 Å². The van der Waals surface area contributed by atoms with Crippen molar-refractivity contribution in [2.24, 2.45) is 0 Å². The normalized spacial score (nSPS) is 14.4. The van der Waals surface area contributed by atoms with Crippen molar-refractivity contribution in [3.8, 4) is 11.5 Å². The highest BCUT2D eigenvalue weighted by Crippen LogP contribution is 2.35. The first-order valence-electron chi connectivity index (χ1n) is 11.6. The third kappa shape index (κ3) is 7.44. The highest BCUT2D eigenvalue weighted by Gasteiger charge is 2.31. The zero-order valence-electron chi connectivity index (χ0n) is 20.1. The van der Waals surface area contributed by atoms with Crippen molar-refractivity contribution in [3.05, 3.63) is 63.3 Å². The van der Waals surface area contributed by atoms with Gasteiger partial charge in [-0.15, -0.1) is 0 Å². The van der Waals surface area contributed by atoms with Gasteiger partial charge in [0, 0.05) is 18.5 Å². The third-order valence-electron chi connectivity index (χ3n) is 5.10. The van der Waals surface area contributed by atoms with Crippen LogP contribution in [0.5, 0.6) is 11.5 Å². The Morgan fingerprint density at radius 1 is 1.19 bits per heavy atom. The van der Waals surface area contributed by atoms with Crippen LogP contribution in [0.2, 0.25) is 5.02 Å². The molecule has 6 nitrogen and oxygen atoms in total. The van der Waals surface area contributed by atoms with Crippen LogP contribution in [0.3, 0.4) is 0 Å². The number of rotatable bonds is 12. The fourth-order valence-electron chi connectivity index (χ4n) is 3.34. The van der Waals surface area contributed by atoms with Crippen LogP contribution in [-0.4, -0.2) is 40.9 Å². The largest absolute Gasteiger partial charge is 0.490 e. The smallest absolute Gasteiger partial charge is 0.305 e. The van der Waals surface area contributed by atoms with Crippen molar-refractivity contribution in [2.45, 2.75) is 39.7 Å². The van der Waals surface area contributed by atoms with Crippen molar-refractivity contribution in [2.75, 3.05) is 19.8 Å². The second-order valence-electron chi connectivity index (χ2n) is 7.79. The van der Waals surface area contributed by atoms with Gasteiger partial charge in [0.05, 0.1) is 23.1 Å². The molecule has 10 heteroatoms. The van der Waals surface area contributed by atoms with Gasteiger partial charge < -0.3 is 14.2 Å². The number of hydrogen-bond donors (Lipinski definition) is 0. The molecule has 2 aromatic carbocycles. The summed E-state index contributed by atoms with van der Waals surface area (Å²) in [4.78, 5) is 26.6. The topological polar surface area (TPSA) is 65.1 Å². The number of carbonyl (C=O) groups excluding carboxylic acids is 2. The second-order valence-corrected chi connectivity index (χ2v) is 9.87. The lowest BCUT2D eigenvalue weighted by molar-refractivity contribution is -0.144. The van der Waals surface area contributed by atoms with Crippen molar-refractivity contribution in [1.29, 1.82) is 0 Å². The van der Waals surface area contributed by atoms with E-state index in [2.05, 4.69) is 0 Å². The fourth-order valence-corrected chi connectivity index (χ4v) is 4.86. The van der Waals surface area contributed by atoms with Gasteiger partial charge >= 0.3 is 5.97 Å². The molecule has 0 saturated carbocycles. The van der Waals surface area contributed by atoms with Gasteiger partial charge in [-0.1, -0.05) is 54.6 Å². The van der Waals surface area contributed by atoms with E-state index in [0.717, 1.165) is 12.0 Å². The molecule has 0 N–H and O–H groups in total. The van der Waals surface area contributed by atoms with Crippen molar-refractivity contribution in [3.63, 3.8) is 0 Å². The molecule has 1 amide bonds. The standard InChI is InChI=1S/C26H27ClFNO5S2/c1-3-13-33-24(30)9-6-12-29-25(31)23(36-26(29)35)15-17-10-11-21(22(14-17)32-4-2)34-16-18-19(27)7-5-8-20(18)28/h5,7-8,10-11,14-15H,3-4,6,9,12-13,16H2,1-2H3/b23-15+. The van der Waals surface area contributed by atoms with Crippen LogP contribution in [-0.2, 0) is 20.9 Å². The van der Waals surface area contributed by atoms with E-state index in [-0.39, 0.29) is 35.5 Å². The summed E-state index contributed by atoms with van der Waals surface area (Å²) in [5.41, 5.74) is 0.978. The van der Waals surface area contributed by atoms with Crippen LogP contribution in [0.4, 0.5) is 4.39 Å². The lowest BCUT2D eigenvalue weighted by Gasteiger charge is -2.14. The zero-order valence-corrected chi connectivity index (χ0v) is 22.4. The maximum atomic E-state index is 14.1. The predicted molar refractivity (Wildman–Crippen MR) is 144 cm³/mol. The Kier molecular flexibility index (Phi) is 10.6. The average Bonchev–Trinajstić information content (AvgIpc) is 3.11. The van der Waals surface area contributed by atoms with Gasteiger partial charge in [0.1, 0.15) is 16.7 Å². The Hall–Kier alpha value is -2.62. The van der Waals surface area contributed by atoms with Crippen molar-refractivity contribution < 1.29 is 28.2 Å². The first-order valence-corrected chi connectivity index (χ1v) is 13.2. The van der Waals surface area contributed by atoms with Crippen LogP contribution < -0.4 is 9.47 Å². The highest BCUT2D eigenvalue weighted by molar-refractivity contribution is 8.26. The highest BCUT2D eigenvalue weighted by atomic mass is 35.5. The van der Waals surface area contributed by atoms with E-state index in [4.69, 9.17) is 38.0 Å². The Morgan fingerprint density at radius 2 is 2.00 bits per heavy atom. The second kappa shape index (κ2) is 13.6. The summed E-state index contributed by atoms with van der Waals surface area (Å²) in [5, 5.41) is 0.282. The van der Waals surface area contributed by atoms with E-state index in [1.54, 1.807) is 30.3 Å². The molecule has 1 fully saturated rings. The number of thioether (sulfide) groups is 1. The molecule has 0 atom stereocenters. The van der Waals surface area contributed by atoms with Crippen LogP contribution >= 0.6 is 35.6 Å². The van der Waals surface area contributed by atoms with Crippen molar-refractivity contribution in [1.82, 2.24) is 4.90 Å². The summed E-state index contributed by atoms with van der Waals surface area (Å²) in [6.07, 6.45) is 3.19. The number of benzene rings is 2. The number of hydrogen-bond acceptors (Lipinski definition) is 7. The molecule has 1 heterocycles. The molecule has 192 valence electrons. The molecule has 0 radical (unpaired) electrons. The first-order chi connectivity index (χ1) is 17.3. The van der Waals surface area contributed by atoms with Crippen LogP contribution in [0, 0.1) is 5.82 Å². The lowest BCUT2D eigenvalue weighted by atomic mass is 10.1. The van der Waals surface area contributed by atoms with Crippen molar-refractivity contribution >= 4 is 57.9 Å². The lowest BCUT2D eigenvalue weighted by Crippen LogP contribution is -2.29. The molecular weight excluding hydrogens is 525 g/mol. The molecule has 1 saturated heterocycles. The monoisotopic (exact) mass is 551 g/mol. The summed E-state index contributed by atoms with van der Waals surface area (Å²) in [6, 6.07) is 9.69. The molecule has 3 rings (SSSR count). The number of nitrogens with zero attached hydrogens (tertiary/aromatic N) is 1. The molecular formula is C26H27ClFNO5S2. The third-order valence-corrected chi connectivity index (χ3v) is 6.83. The number of amides is 1. The summed E-state index contributed by atoms with van der Waals surface area (Å²) >= 11 is 12.7. The van der Waals surface area contributed by atoms with Crippen LogP contribution in [0.1, 0.15) is 44.2 Å². The summed E-state index contributed by atoms with van der Waals surface area (Å²) < 4.78 is 31.1. The van der Waals surface area contributed by atoms with E-state index < -0.39 is 5.82 Å². The van der Waals surface area contributed by atoms with Gasteiger partial charge in [0.2, 0.25) is 0 Å².